The van der Waals surface area contributed by atoms with Gasteiger partial charge in [0.2, 0.25) is 5.88 Å². The molecule has 1 heterocycles. The second-order valence-electron chi connectivity index (χ2n) is 2.89. The van der Waals surface area contributed by atoms with Gasteiger partial charge in [-0.05, 0) is 0 Å². The molecule has 0 spiro atoms. The van der Waals surface area contributed by atoms with Crippen LogP contribution in [0.25, 0.3) is 0 Å². The molecule has 0 aromatic carbocycles. The van der Waals surface area contributed by atoms with E-state index in [0.717, 1.165) is 6.20 Å². The van der Waals surface area contributed by atoms with Crippen molar-refractivity contribution in [2.24, 2.45) is 5.73 Å². The molecule has 0 aliphatic rings. The van der Waals surface area contributed by atoms with Crippen LogP contribution in [-0.4, -0.2) is 16.5 Å². The van der Waals surface area contributed by atoms with Crippen LogP contribution in [0, 0.1) is 0 Å². The first-order valence-corrected chi connectivity index (χ1v) is 4.22. The Morgan fingerprint density at radius 2 is 2.06 bits per heavy atom. The molecule has 5 N–H and O–H groups in total. The highest BCUT2D eigenvalue weighted by molar-refractivity contribution is 5.56. The second kappa shape index (κ2) is 4.54. The SMILES string of the molecule is NCc1c(OC(F)(F)F)ncc(CO)c1N. The van der Waals surface area contributed by atoms with Crippen LogP contribution in [0.3, 0.4) is 0 Å². The Balaban J connectivity index is 3.16. The van der Waals surface area contributed by atoms with E-state index in [-0.39, 0.29) is 23.4 Å². The van der Waals surface area contributed by atoms with E-state index in [1.54, 1.807) is 0 Å². The lowest BCUT2D eigenvalue weighted by Gasteiger charge is -2.14. The summed E-state index contributed by atoms with van der Waals surface area (Å²) in [6.07, 6.45) is -3.85. The third-order valence-corrected chi connectivity index (χ3v) is 1.85. The van der Waals surface area contributed by atoms with Crippen LogP contribution in [0.5, 0.6) is 5.88 Å². The fraction of sp³-hybridized carbons (Fsp3) is 0.375. The van der Waals surface area contributed by atoms with Crippen LogP contribution >= 0.6 is 0 Å². The number of rotatable bonds is 3. The van der Waals surface area contributed by atoms with Gasteiger partial charge in [0.1, 0.15) is 0 Å². The molecule has 90 valence electrons. The predicted octanol–water partition coefficient (Wildman–Crippen LogP) is 0.513. The van der Waals surface area contributed by atoms with Crippen molar-refractivity contribution in [3.8, 4) is 5.88 Å². The Labute approximate surface area is 88.8 Å². The molecule has 0 radical (unpaired) electrons. The number of nitrogen functional groups attached to an aromatic ring is 1. The van der Waals surface area contributed by atoms with E-state index in [0.29, 0.717) is 0 Å². The molecule has 0 atom stereocenters. The summed E-state index contributed by atoms with van der Waals surface area (Å²) in [4.78, 5) is 3.40. The van der Waals surface area contributed by atoms with Crippen molar-refractivity contribution in [2.45, 2.75) is 19.5 Å². The third kappa shape index (κ3) is 2.74. The molecule has 1 aromatic rings. The molecular formula is C8H10F3N3O2. The first-order valence-electron chi connectivity index (χ1n) is 4.22. The molecule has 0 saturated heterocycles. The number of hydrogen-bond acceptors (Lipinski definition) is 5. The topological polar surface area (TPSA) is 94.4 Å². The van der Waals surface area contributed by atoms with Crippen molar-refractivity contribution in [2.75, 3.05) is 5.73 Å². The Hall–Kier alpha value is -1.54. The van der Waals surface area contributed by atoms with Crippen molar-refractivity contribution in [3.05, 3.63) is 17.3 Å². The number of pyridine rings is 1. The number of aromatic nitrogens is 1. The first kappa shape index (κ1) is 12.5. The average molecular weight is 237 g/mol. The van der Waals surface area contributed by atoms with Crippen molar-refractivity contribution < 1.29 is 23.0 Å². The van der Waals surface area contributed by atoms with E-state index in [9.17, 15) is 13.2 Å². The number of nitrogens with zero attached hydrogens (tertiary/aromatic N) is 1. The Kier molecular flexibility index (Phi) is 3.55. The predicted molar refractivity (Wildman–Crippen MR) is 49.1 cm³/mol. The van der Waals surface area contributed by atoms with Crippen LogP contribution in [-0.2, 0) is 13.2 Å². The number of halogens is 3. The average Bonchev–Trinajstić information content (AvgIpc) is 2.16. The van der Waals surface area contributed by atoms with E-state index in [1.165, 1.54) is 0 Å². The minimum atomic E-state index is -4.86. The number of anilines is 1. The smallest absolute Gasteiger partial charge is 0.398 e. The number of nitrogens with two attached hydrogens (primary N) is 2. The van der Waals surface area contributed by atoms with Crippen LogP contribution in [0.15, 0.2) is 6.20 Å². The summed E-state index contributed by atoms with van der Waals surface area (Å²) in [5.41, 5.74) is 10.8. The fourth-order valence-electron chi connectivity index (χ4n) is 1.11. The molecule has 0 saturated carbocycles. The minimum absolute atomic E-state index is 0.0424. The largest absolute Gasteiger partial charge is 0.574 e. The van der Waals surface area contributed by atoms with E-state index < -0.39 is 18.8 Å². The summed E-state index contributed by atoms with van der Waals surface area (Å²) in [5, 5.41) is 8.84. The molecule has 0 aliphatic heterocycles. The lowest BCUT2D eigenvalue weighted by atomic mass is 10.1. The van der Waals surface area contributed by atoms with Crippen LogP contribution in [0.4, 0.5) is 18.9 Å². The number of aliphatic hydroxyl groups excluding tert-OH is 1. The Morgan fingerprint density at radius 3 is 2.50 bits per heavy atom. The van der Waals surface area contributed by atoms with Crippen molar-refractivity contribution in [1.29, 1.82) is 0 Å². The minimum Gasteiger partial charge on any atom is -0.398 e. The van der Waals surface area contributed by atoms with Gasteiger partial charge < -0.3 is 21.3 Å². The van der Waals surface area contributed by atoms with Crippen LogP contribution in [0.1, 0.15) is 11.1 Å². The zero-order valence-corrected chi connectivity index (χ0v) is 8.08. The normalized spacial score (nSPS) is 11.6. The molecule has 0 amide bonds. The van der Waals surface area contributed by atoms with Gasteiger partial charge in [-0.2, -0.15) is 0 Å². The zero-order valence-electron chi connectivity index (χ0n) is 8.08. The third-order valence-electron chi connectivity index (χ3n) is 1.85. The maximum absolute atomic E-state index is 12.0. The van der Waals surface area contributed by atoms with Gasteiger partial charge in [-0.3, -0.25) is 0 Å². The standard InChI is InChI=1S/C8H10F3N3O2/c9-8(10,11)16-7-5(1-12)6(13)4(3-15)2-14-7/h2,15H,1,3,12H2,(H2,13,14). The lowest BCUT2D eigenvalue weighted by molar-refractivity contribution is -0.276. The van der Waals surface area contributed by atoms with Crippen molar-refractivity contribution in [1.82, 2.24) is 4.98 Å². The fourth-order valence-corrected chi connectivity index (χ4v) is 1.11. The number of ether oxygens (including phenoxy) is 1. The van der Waals surface area contributed by atoms with Gasteiger partial charge in [0.25, 0.3) is 0 Å². The monoisotopic (exact) mass is 237 g/mol. The highest BCUT2D eigenvalue weighted by Crippen LogP contribution is 2.29. The Morgan fingerprint density at radius 1 is 1.44 bits per heavy atom. The van der Waals surface area contributed by atoms with Gasteiger partial charge in [0.05, 0.1) is 12.2 Å². The second-order valence-corrected chi connectivity index (χ2v) is 2.89. The summed E-state index contributed by atoms with van der Waals surface area (Å²) >= 11 is 0. The summed E-state index contributed by atoms with van der Waals surface area (Å²) in [5.74, 6) is -0.690. The lowest BCUT2D eigenvalue weighted by Crippen LogP contribution is -2.20. The zero-order chi connectivity index (χ0) is 12.3. The molecule has 1 aromatic heterocycles. The van der Waals surface area contributed by atoms with E-state index in [4.69, 9.17) is 16.6 Å². The van der Waals surface area contributed by atoms with Crippen LogP contribution in [0.2, 0.25) is 0 Å². The van der Waals surface area contributed by atoms with Gasteiger partial charge >= 0.3 is 6.36 Å². The van der Waals surface area contributed by atoms with Gasteiger partial charge in [0, 0.05) is 24.0 Å². The highest BCUT2D eigenvalue weighted by atomic mass is 19.4. The maximum atomic E-state index is 12.0. The molecule has 8 heteroatoms. The number of hydrogen-bond donors (Lipinski definition) is 3. The molecule has 0 bridgehead atoms. The van der Waals surface area contributed by atoms with E-state index in [1.807, 2.05) is 0 Å². The van der Waals surface area contributed by atoms with Gasteiger partial charge in [-0.15, -0.1) is 13.2 Å². The molecule has 0 aliphatic carbocycles. The first-order chi connectivity index (χ1) is 7.39. The molecule has 16 heavy (non-hydrogen) atoms. The van der Waals surface area contributed by atoms with Gasteiger partial charge in [0.15, 0.2) is 0 Å². The van der Waals surface area contributed by atoms with Crippen molar-refractivity contribution >= 4 is 5.69 Å². The van der Waals surface area contributed by atoms with Gasteiger partial charge in [-0.25, -0.2) is 4.98 Å². The summed E-state index contributed by atoms with van der Waals surface area (Å²) in [6, 6.07) is 0. The van der Waals surface area contributed by atoms with E-state index >= 15 is 0 Å². The molecule has 5 nitrogen and oxygen atoms in total. The summed E-state index contributed by atoms with van der Waals surface area (Å²) in [6.45, 7) is -0.698. The number of alkyl halides is 3. The quantitative estimate of drug-likeness (QED) is 0.712. The van der Waals surface area contributed by atoms with Crippen molar-refractivity contribution in [3.63, 3.8) is 0 Å². The molecule has 0 fully saturated rings. The molecular weight excluding hydrogens is 227 g/mol. The number of aliphatic hydroxyl groups is 1. The summed E-state index contributed by atoms with van der Waals surface area (Å²) in [7, 11) is 0. The summed E-state index contributed by atoms with van der Waals surface area (Å²) < 4.78 is 39.6. The van der Waals surface area contributed by atoms with Crippen LogP contribution < -0.4 is 16.2 Å². The van der Waals surface area contributed by atoms with Gasteiger partial charge in [-0.1, -0.05) is 0 Å². The maximum Gasteiger partial charge on any atom is 0.574 e. The Bertz CT molecular complexity index is 382. The molecule has 1 rings (SSSR count). The molecule has 0 unspecified atom stereocenters. The van der Waals surface area contributed by atoms with E-state index in [2.05, 4.69) is 9.72 Å². The highest BCUT2D eigenvalue weighted by Gasteiger charge is 2.33.